The van der Waals surface area contributed by atoms with Gasteiger partial charge in [-0.05, 0) is 17.7 Å². The van der Waals surface area contributed by atoms with Crippen molar-refractivity contribution in [3.8, 4) is 0 Å². The third-order valence-electron chi connectivity index (χ3n) is 3.98. The van der Waals surface area contributed by atoms with Crippen LogP contribution in [0.1, 0.15) is 21.5 Å². The smallest absolute Gasteiger partial charge is 0.270 e. The molecule has 0 unspecified atom stereocenters. The zero-order valence-corrected chi connectivity index (χ0v) is 11.4. The van der Waals surface area contributed by atoms with Crippen LogP contribution in [0, 0.1) is 0 Å². The van der Waals surface area contributed by atoms with E-state index in [0.29, 0.717) is 0 Å². The van der Waals surface area contributed by atoms with Crippen molar-refractivity contribution in [1.29, 1.82) is 0 Å². The van der Waals surface area contributed by atoms with Gasteiger partial charge in [0.05, 0.1) is 5.56 Å². The van der Waals surface area contributed by atoms with Gasteiger partial charge in [0.15, 0.2) is 0 Å². The molecule has 2 aromatic carbocycles. The van der Waals surface area contributed by atoms with E-state index in [0.717, 1.165) is 35.5 Å². The van der Waals surface area contributed by atoms with Gasteiger partial charge in [-0.25, -0.2) is 0 Å². The van der Waals surface area contributed by atoms with E-state index in [9.17, 15) is 4.79 Å². The van der Waals surface area contributed by atoms with Crippen LogP contribution in [0.4, 0.5) is 5.69 Å². The Bertz CT molecular complexity index is 750. The second kappa shape index (κ2) is 4.66. The highest BCUT2D eigenvalue weighted by Crippen LogP contribution is 2.36. The van der Waals surface area contributed by atoms with Gasteiger partial charge in [0.2, 0.25) is 0 Å². The minimum Gasteiger partial charge on any atom is -0.380 e. The largest absolute Gasteiger partial charge is 0.380 e. The number of nitrogens with one attached hydrogen (secondary N) is 3. The molecule has 4 heteroatoms. The molecule has 2 aliphatic heterocycles. The molecule has 0 radical (unpaired) electrons. The molecule has 0 atom stereocenters. The van der Waals surface area contributed by atoms with Crippen molar-refractivity contribution in [3.63, 3.8) is 0 Å². The van der Waals surface area contributed by atoms with E-state index in [1.54, 1.807) is 0 Å². The van der Waals surface area contributed by atoms with Crippen LogP contribution in [0.3, 0.4) is 0 Å². The van der Waals surface area contributed by atoms with Gasteiger partial charge in [0.1, 0.15) is 0 Å². The van der Waals surface area contributed by atoms with Gasteiger partial charge in [0.25, 0.3) is 5.91 Å². The van der Waals surface area contributed by atoms with Gasteiger partial charge >= 0.3 is 0 Å². The van der Waals surface area contributed by atoms with Crippen molar-refractivity contribution in [2.24, 2.45) is 0 Å². The predicted octanol–water partition coefficient (Wildman–Crippen LogP) is 2.31. The lowest BCUT2D eigenvalue weighted by atomic mass is 9.97. The summed E-state index contributed by atoms with van der Waals surface area (Å²) < 4.78 is 0. The number of rotatable bonds is 2. The van der Waals surface area contributed by atoms with Gasteiger partial charge in [-0.1, -0.05) is 36.4 Å². The Morgan fingerprint density at radius 3 is 2.67 bits per heavy atom. The van der Waals surface area contributed by atoms with Crippen molar-refractivity contribution in [2.45, 2.75) is 6.42 Å². The Morgan fingerprint density at radius 2 is 1.81 bits per heavy atom. The summed E-state index contributed by atoms with van der Waals surface area (Å²) in [5.74, 6) is -0.0869. The van der Waals surface area contributed by atoms with Crippen LogP contribution in [0.15, 0.2) is 54.2 Å². The number of carbonyl (C=O) groups is 1. The lowest BCUT2D eigenvalue weighted by Gasteiger charge is -2.12. The van der Waals surface area contributed by atoms with E-state index >= 15 is 0 Å². The zero-order chi connectivity index (χ0) is 14.2. The van der Waals surface area contributed by atoms with Crippen LogP contribution < -0.4 is 16.2 Å². The average molecular weight is 277 g/mol. The number of amides is 1. The van der Waals surface area contributed by atoms with Gasteiger partial charge in [-0.3, -0.25) is 10.2 Å². The van der Waals surface area contributed by atoms with Crippen molar-refractivity contribution in [1.82, 2.24) is 10.9 Å². The van der Waals surface area contributed by atoms with Gasteiger partial charge in [-0.2, -0.15) is 0 Å². The summed E-state index contributed by atoms with van der Waals surface area (Å²) >= 11 is 0. The fourth-order valence-electron chi connectivity index (χ4n) is 2.97. The molecular weight excluding hydrogens is 262 g/mol. The number of carbonyl (C=O) groups excluding carboxylic acids is 1. The molecule has 0 aromatic heterocycles. The third-order valence-corrected chi connectivity index (χ3v) is 3.98. The molecule has 0 saturated carbocycles. The van der Waals surface area contributed by atoms with Gasteiger partial charge in [0, 0.05) is 35.5 Å². The minimum absolute atomic E-state index is 0.0869. The Morgan fingerprint density at radius 1 is 0.952 bits per heavy atom. The molecule has 4 nitrogen and oxygen atoms in total. The summed E-state index contributed by atoms with van der Waals surface area (Å²) in [5, 5.41) is 3.37. The number of hydrazine groups is 1. The molecule has 2 aliphatic rings. The number of anilines is 1. The van der Waals surface area contributed by atoms with Crippen LogP contribution in [0.25, 0.3) is 5.57 Å². The van der Waals surface area contributed by atoms with Crippen molar-refractivity contribution < 1.29 is 4.79 Å². The number of allylic oxidation sites excluding steroid dienone is 1. The van der Waals surface area contributed by atoms with Crippen LogP contribution >= 0.6 is 0 Å². The normalized spacial score (nSPS) is 15.7. The first-order chi connectivity index (χ1) is 10.3. The van der Waals surface area contributed by atoms with E-state index in [4.69, 9.17) is 0 Å². The predicted molar refractivity (Wildman–Crippen MR) is 82.6 cm³/mol. The molecule has 104 valence electrons. The first-order valence-electron chi connectivity index (χ1n) is 7.02. The van der Waals surface area contributed by atoms with Crippen LogP contribution in [0.5, 0.6) is 0 Å². The average Bonchev–Trinajstić information content (AvgIpc) is 2.90. The molecular formula is C17H15N3O. The molecule has 0 spiro atoms. The van der Waals surface area contributed by atoms with Gasteiger partial charge < -0.3 is 10.7 Å². The molecule has 1 amide bonds. The maximum atomic E-state index is 12.2. The maximum absolute atomic E-state index is 12.2. The lowest BCUT2D eigenvalue weighted by Crippen LogP contribution is -2.36. The number of hydrogen-bond donors (Lipinski definition) is 3. The molecule has 4 rings (SSSR count). The summed E-state index contributed by atoms with van der Waals surface area (Å²) in [6.07, 6.45) is 0.770. The topological polar surface area (TPSA) is 53.2 Å². The highest BCUT2D eigenvalue weighted by molar-refractivity contribution is 6.05. The quantitative estimate of drug-likeness (QED) is 0.789. The summed E-state index contributed by atoms with van der Waals surface area (Å²) in [5.41, 5.74) is 12.1. The summed E-state index contributed by atoms with van der Waals surface area (Å²) in [4.78, 5) is 12.2. The zero-order valence-electron chi connectivity index (χ0n) is 11.4. The van der Waals surface area contributed by atoms with E-state index < -0.39 is 0 Å². The molecule has 0 fully saturated rings. The standard InChI is InChI=1S/C17H15N3O/c21-17-12-7-4-8-14-16(12)13(10-18-14)15(19-20-17)9-11-5-2-1-3-6-11/h1-8,18-19H,9-10H2,(H,20,21). The molecule has 0 bridgehead atoms. The first-order valence-corrected chi connectivity index (χ1v) is 7.02. The Labute approximate surface area is 122 Å². The van der Waals surface area contributed by atoms with E-state index in [1.807, 2.05) is 36.4 Å². The summed E-state index contributed by atoms with van der Waals surface area (Å²) in [6, 6.07) is 16.1. The third kappa shape index (κ3) is 1.96. The van der Waals surface area contributed by atoms with Crippen molar-refractivity contribution >= 4 is 17.2 Å². The van der Waals surface area contributed by atoms with Gasteiger partial charge in [-0.15, -0.1) is 0 Å². The SMILES string of the molecule is O=C1NNC(Cc2ccccc2)=C2CNc3cccc1c32. The van der Waals surface area contributed by atoms with E-state index in [2.05, 4.69) is 28.3 Å². The highest BCUT2D eigenvalue weighted by Gasteiger charge is 2.28. The maximum Gasteiger partial charge on any atom is 0.270 e. The van der Waals surface area contributed by atoms with Crippen molar-refractivity contribution in [3.05, 3.63) is 70.9 Å². The Hall–Kier alpha value is -2.75. The van der Waals surface area contributed by atoms with Crippen LogP contribution in [-0.2, 0) is 6.42 Å². The number of benzene rings is 2. The molecule has 0 saturated heterocycles. The second-order valence-corrected chi connectivity index (χ2v) is 5.28. The van der Waals surface area contributed by atoms with E-state index in [-0.39, 0.29) is 5.91 Å². The van der Waals surface area contributed by atoms with E-state index in [1.165, 1.54) is 11.1 Å². The second-order valence-electron chi connectivity index (χ2n) is 5.28. The monoisotopic (exact) mass is 277 g/mol. The Kier molecular flexibility index (Phi) is 2.67. The summed E-state index contributed by atoms with van der Waals surface area (Å²) in [7, 11) is 0. The fraction of sp³-hybridized carbons (Fsp3) is 0.118. The molecule has 0 aliphatic carbocycles. The Balaban J connectivity index is 1.82. The molecule has 2 heterocycles. The molecule has 3 N–H and O–H groups in total. The highest BCUT2D eigenvalue weighted by atomic mass is 16.2. The molecule has 21 heavy (non-hydrogen) atoms. The van der Waals surface area contributed by atoms with Crippen LogP contribution in [-0.4, -0.2) is 12.5 Å². The molecule has 2 aromatic rings. The van der Waals surface area contributed by atoms with Crippen molar-refractivity contribution in [2.75, 3.05) is 11.9 Å². The lowest BCUT2D eigenvalue weighted by molar-refractivity contribution is 0.0940. The summed E-state index contributed by atoms with van der Waals surface area (Å²) in [6.45, 7) is 0.747. The minimum atomic E-state index is -0.0869. The number of hydrogen-bond acceptors (Lipinski definition) is 3. The fourth-order valence-corrected chi connectivity index (χ4v) is 2.97. The van der Waals surface area contributed by atoms with Crippen LogP contribution in [0.2, 0.25) is 0 Å². The first kappa shape index (κ1) is 12.0.